The molecule has 0 spiro atoms. The number of pyridine rings is 2. The van der Waals surface area contributed by atoms with Gasteiger partial charge in [-0.3, -0.25) is 9.97 Å². The summed E-state index contributed by atoms with van der Waals surface area (Å²) in [6.07, 6.45) is 6.78. The Morgan fingerprint density at radius 3 is 2.55 bits per heavy atom. The molecule has 104 valence electrons. The zero-order chi connectivity index (χ0) is 14.2. The molecule has 0 radical (unpaired) electrons. The summed E-state index contributed by atoms with van der Waals surface area (Å²) in [5, 5.41) is 1.32. The van der Waals surface area contributed by atoms with Gasteiger partial charge < -0.3 is 0 Å². The van der Waals surface area contributed by atoms with Crippen LogP contribution in [0.1, 0.15) is 24.1 Å². The van der Waals surface area contributed by atoms with Crippen molar-refractivity contribution < 1.29 is 0 Å². The average molecular weight is 282 g/mol. The molecule has 0 N–H and O–H groups in total. The van der Waals surface area contributed by atoms with E-state index in [0.717, 1.165) is 12.1 Å². The van der Waals surface area contributed by atoms with Crippen molar-refractivity contribution in [2.75, 3.05) is 0 Å². The van der Waals surface area contributed by atoms with E-state index in [4.69, 9.17) is 4.98 Å². The standard InChI is InChI=1S/C17H22N2Si/c1-20(2,3)17-14(16-10-6-7-11-18-16)12-13-8-4-5-9-15(13)19-17/h6-7,10-12H,4-5,8-9H2,1-3H3. The van der Waals surface area contributed by atoms with Gasteiger partial charge in [-0.1, -0.05) is 25.7 Å². The molecule has 1 aliphatic carbocycles. The Morgan fingerprint density at radius 1 is 1.05 bits per heavy atom. The maximum absolute atomic E-state index is 5.08. The van der Waals surface area contributed by atoms with Crippen LogP contribution >= 0.6 is 0 Å². The monoisotopic (exact) mass is 282 g/mol. The third-order valence-corrected chi connectivity index (χ3v) is 5.75. The molecule has 2 aromatic rings. The lowest BCUT2D eigenvalue weighted by Gasteiger charge is -2.24. The lowest BCUT2D eigenvalue weighted by Crippen LogP contribution is -2.42. The number of hydrogen-bond acceptors (Lipinski definition) is 2. The smallest absolute Gasteiger partial charge is 0.102 e. The van der Waals surface area contributed by atoms with Crippen molar-refractivity contribution in [1.82, 2.24) is 9.97 Å². The van der Waals surface area contributed by atoms with Crippen LogP contribution in [0.5, 0.6) is 0 Å². The van der Waals surface area contributed by atoms with E-state index in [9.17, 15) is 0 Å². The van der Waals surface area contributed by atoms with Crippen LogP contribution in [-0.2, 0) is 12.8 Å². The molecule has 0 amide bonds. The Kier molecular flexibility index (Phi) is 3.46. The fourth-order valence-electron chi connectivity index (χ4n) is 2.92. The first-order valence-corrected chi connectivity index (χ1v) is 11.0. The van der Waals surface area contributed by atoms with Crippen LogP contribution in [-0.4, -0.2) is 18.0 Å². The molecule has 0 aliphatic heterocycles. The quantitative estimate of drug-likeness (QED) is 0.787. The highest BCUT2D eigenvalue weighted by molar-refractivity contribution is 6.89. The van der Waals surface area contributed by atoms with E-state index in [1.165, 1.54) is 41.4 Å². The molecule has 0 saturated carbocycles. The third-order valence-electron chi connectivity index (χ3n) is 3.95. The van der Waals surface area contributed by atoms with Crippen molar-refractivity contribution in [2.24, 2.45) is 0 Å². The molecular weight excluding hydrogens is 260 g/mol. The van der Waals surface area contributed by atoms with Gasteiger partial charge in [-0.25, -0.2) is 0 Å². The summed E-state index contributed by atoms with van der Waals surface area (Å²) in [6, 6.07) is 8.52. The van der Waals surface area contributed by atoms with Gasteiger partial charge in [-0.05, 0) is 49.4 Å². The molecule has 0 bridgehead atoms. The van der Waals surface area contributed by atoms with Gasteiger partial charge in [0.25, 0.3) is 0 Å². The lowest BCUT2D eigenvalue weighted by molar-refractivity contribution is 0.670. The molecule has 0 unspecified atom stereocenters. The van der Waals surface area contributed by atoms with E-state index < -0.39 is 8.07 Å². The van der Waals surface area contributed by atoms with Gasteiger partial charge in [0.2, 0.25) is 0 Å². The number of nitrogens with zero attached hydrogens (tertiary/aromatic N) is 2. The molecule has 0 saturated heterocycles. The van der Waals surface area contributed by atoms with Crippen molar-refractivity contribution in [2.45, 2.75) is 45.3 Å². The summed E-state index contributed by atoms with van der Waals surface area (Å²) in [4.78, 5) is 9.64. The highest BCUT2D eigenvalue weighted by Crippen LogP contribution is 2.25. The molecular formula is C17H22N2Si. The van der Waals surface area contributed by atoms with Crippen LogP contribution < -0.4 is 5.32 Å². The van der Waals surface area contributed by atoms with Crippen molar-refractivity contribution in [3.8, 4) is 11.3 Å². The van der Waals surface area contributed by atoms with E-state index in [0.29, 0.717) is 0 Å². The van der Waals surface area contributed by atoms with Gasteiger partial charge >= 0.3 is 0 Å². The Morgan fingerprint density at radius 2 is 1.85 bits per heavy atom. The van der Waals surface area contributed by atoms with Crippen LogP contribution in [0.15, 0.2) is 30.5 Å². The third kappa shape index (κ3) is 2.55. The second-order valence-electron chi connectivity index (χ2n) is 6.66. The highest BCUT2D eigenvalue weighted by Gasteiger charge is 2.26. The van der Waals surface area contributed by atoms with E-state index in [1.807, 2.05) is 12.3 Å². The second-order valence-corrected chi connectivity index (χ2v) is 11.6. The summed E-state index contributed by atoms with van der Waals surface area (Å²) < 4.78 is 0. The van der Waals surface area contributed by atoms with E-state index in [-0.39, 0.29) is 0 Å². The SMILES string of the molecule is C[Si](C)(C)c1nc2c(cc1-c1ccccn1)CCCC2. The fourth-order valence-corrected chi connectivity index (χ4v) is 4.40. The molecule has 0 atom stereocenters. The van der Waals surface area contributed by atoms with Gasteiger partial charge in [0.1, 0.15) is 8.07 Å². The first kappa shape index (κ1) is 13.5. The predicted octanol–water partition coefficient (Wildman–Crippen LogP) is 3.57. The minimum absolute atomic E-state index is 1.07. The fraction of sp³-hybridized carbons (Fsp3) is 0.412. The summed E-state index contributed by atoms with van der Waals surface area (Å²) in [5.41, 5.74) is 5.13. The van der Waals surface area contributed by atoms with Crippen LogP contribution in [0.3, 0.4) is 0 Å². The van der Waals surface area contributed by atoms with E-state index >= 15 is 0 Å². The maximum atomic E-state index is 5.08. The molecule has 1 aliphatic rings. The van der Waals surface area contributed by atoms with Gasteiger partial charge in [0.05, 0.1) is 5.69 Å². The van der Waals surface area contributed by atoms with Crippen molar-refractivity contribution in [3.63, 3.8) is 0 Å². The van der Waals surface area contributed by atoms with Gasteiger partial charge in [0.15, 0.2) is 0 Å². The first-order chi connectivity index (χ1) is 9.55. The Bertz CT molecular complexity index is 615. The topological polar surface area (TPSA) is 25.8 Å². The minimum atomic E-state index is -1.47. The van der Waals surface area contributed by atoms with Crippen LogP contribution in [0.2, 0.25) is 19.6 Å². The highest BCUT2D eigenvalue weighted by atomic mass is 28.3. The molecule has 2 aromatic heterocycles. The van der Waals surface area contributed by atoms with Crippen LogP contribution in [0.25, 0.3) is 11.3 Å². The Balaban J connectivity index is 2.21. The first-order valence-electron chi connectivity index (χ1n) is 7.50. The van der Waals surface area contributed by atoms with E-state index in [1.54, 1.807) is 0 Å². The molecule has 20 heavy (non-hydrogen) atoms. The Hall–Kier alpha value is -1.48. The molecule has 2 nitrogen and oxygen atoms in total. The zero-order valence-electron chi connectivity index (χ0n) is 12.6. The number of hydrogen-bond donors (Lipinski definition) is 0. The largest absolute Gasteiger partial charge is 0.262 e. The van der Waals surface area contributed by atoms with E-state index in [2.05, 4.69) is 42.8 Å². The van der Waals surface area contributed by atoms with Crippen molar-refractivity contribution >= 4 is 13.4 Å². The second kappa shape index (κ2) is 5.13. The minimum Gasteiger partial charge on any atom is -0.262 e. The van der Waals surface area contributed by atoms with Crippen molar-refractivity contribution in [3.05, 3.63) is 41.7 Å². The number of aryl methyl sites for hydroxylation is 2. The molecule has 0 fully saturated rings. The number of fused-ring (bicyclic) bond motifs is 1. The van der Waals surface area contributed by atoms with Crippen molar-refractivity contribution in [1.29, 1.82) is 0 Å². The molecule has 0 aromatic carbocycles. The van der Waals surface area contributed by atoms with Gasteiger partial charge in [0, 0.05) is 22.8 Å². The van der Waals surface area contributed by atoms with Crippen LogP contribution in [0.4, 0.5) is 0 Å². The summed E-state index contributed by atoms with van der Waals surface area (Å²) in [6.45, 7) is 7.12. The maximum Gasteiger partial charge on any atom is 0.102 e. The zero-order valence-corrected chi connectivity index (χ0v) is 13.6. The molecule has 3 rings (SSSR count). The Labute approximate surface area is 122 Å². The average Bonchev–Trinajstić information content (AvgIpc) is 2.46. The van der Waals surface area contributed by atoms with Gasteiger partial charge in [-0.2, -0.15) is 0 Å². The summed E-state index contributed by atoms with van der Waals surface area (Å²) >= 11 is 0. The number of aromatic nitrogens is 2. The lowest BCUT2D eigenvalue weighted by atomic mass is 9.94. The summed E-state index contributed by atoms with van der Waals surface area (Å²) in [5.74, 6) is 0. The molecule has 2 heterocycles. The van der Waals surface area contributed by atoms with Crippen LogP contribution in [0, 0.1) is 0 Å². The predicted molar refractivity (Wildman–Crippen MR) is 87.1 cm³/mol. The van der Waals surface area contributed by atoms with Gasteiger partial charge in [-0.15, -0.1) is 0 Å². The normalized spacial score (nSPS) is 14.9. The number of rotatable bonds is 2. The summed E-state index contributed by atoms with van der Waals surface area (Å²) in [7, 11) is -1.47. The molecule has 3 heteroatoms.